The monoisotopic (exact) mass is 264 g/mol. The summed E-state index contributed by atoms with van der Waals surface area (Å²) in [6.07, 6.45) is 2.67. The molecule has 0 saturated carbocycles. The molecule has 0 fully saturated rings. The zero-order chi connectivity index (χ0) is 14.1. The zero-order valence-corrected chi connectivity index (χ0v) is 10.2. The van der Waals surface area contributed by atoms with E-state index >= 15 is 0 Å². The van der Waals surface area contributed by atoms with E-state index in [-0.39, 0.29) is 5.69 Å². The fraction of sp³-hybridized carbons (Fsp3) is 0. The van der Waals surface area contributed by atoms with Crippen molar-refractivity contribution in [3.8, 4) is 11.9 Å². The van der Waals surface area contributed by atoms with Crippen molar-refractivity contribution in [1.29, 1.82) is 5.26 Å². The topological polar surface area (TPSA) is 91.8 Å². The van der Waals surface area contributed by atoms with Crippen LogP contribution < -0.4 is 0 Å². The summed E-state index contributed by atoms with van der Waals surface area (Å²) < 4.78 is 1.44. The number of benzene rings is 1. The Kier molecular flexibility index (Phi) is 2.66. The normalized spacial score (nSPS) is 10.3. The predicted octanol–water partition coefficient (Wildman–Crippen LogP) is 1.99. The van der Waals surface area contributed by atoms with Crippen LogP contribution in [0.5, 0.6) is 0 Å². The number of aromatic nitrogens is 3. The number of carboxylic acids is 1. The number of carbonyl (C=O) groups is 1. The Morgan fingerprint density at radius 3 is 2.85 bits per heavy atom. The van der Waals surface area contributed by atoms with Gasteiger partial charge >= 0.3 is 5.97 Å². The SMILES string of the molecule is N#Cc1cc2ccccc2nc1-n1cnc(C(=O)O)c1. The third-order valence-corrected chi connectivity index (χ3v) is 2.87. The number of carboxylic acid groups (broad SMARTS) is 1. The first-order valence-corrected chi connectivity index (χ1v) is 5.76. The number of pyridine rings is 1. The smallest absolute Gasteiger partial charge is 0.356 e. The highest BCUT2D eigenvalue weighted by Gasteiger charge is 2.12. The van der Waals surface area contributed by atoms with Crippen molar-refractivity contribution in [1.82, 2.24) is 14.5 Å². The molecule has 0 spiro atoms. The molecule has 0 aliphatic rings. The lowest BCUT2D eigenvalue weighted by Crippen LogP contribution is -2.00. The van der Waals surface area contributed by atoms with Gasteiger partial charge in [0, 0.05) is 11.6 Å². The van der Waals surface area contributed by atoms with Crippen LogP contribution in [0.2, 0.25) is 0 Å². The number of hydrogen-bond acceptors (Lipinski definition) is 4. The fourth-order valence-corrected chi connectivity index (χ4v) is 1.93. The summed E-state index contributed by atoms with van der Waals surface area (Å²) in [5.74, 6) is -0.755. The molecule has 6 nitrogen and oxygen atoms in total. The molecular formula is C14H8N4O2. The van der Waals surface area contributed by atoms with Crippen LogP contribution in [0.15, 0.2) is 42.9 Å². The number of fused-ring (bicyclic) bond motifs is 1. The number of para-hydroxylation sites is 1. The lowest BCUT2D eigenvalue weighted by Gasteiger charge is -2.05. The van der Waals surface area contributed by atoms with Crippen LogP contribution in [0, 0.1) is 11.3 Å². The van der Waals surface area contributed by atoms with Crippen LogP contribution in [-0.2, 0) is 0 Å². The van der Waals surface area contributed by atoms with E-state index in [1.165, 1.54) is 17.1 Å². The van der Waals surface area contributed by atoms with E-state index in [2.05, 4.69) is 16.0 Å². The maximum Gasteiger partial charge on any atom is 0.356 e. The molecule has 3 aromatic rings. The molecule has 0 atom stereocenters. The second kappa shape index (κ2) is 4.48. The van der Waals surface area contributed by atoms with E-state index in [1.807, 2.05) is 24.3 Å². The third-order valence-electron chi connectivity index (χ3n) is 2.87. The van der Waals surface area contributed by atoms with E-state index < -0.39 is 5.97 Å². The maximum atomic E-state index is 10.9. The minimum Gasteiger partial charge on any atom is -0.476 e. The quantitative estimate of drug-likeness (QED) is 0.764. The molecule has 0 unspecified atom stereocenters. The Labute approximate surface area is 113 Å². The minimum atomic E-state index is -1.12. The summed E-state index contributed by atoms with van der Waals surface area (Å²) in [6.45, 7) is 0. The summed E-state index contributed by atoms with van der Waals surface area (Å²) >= 11 is 0. The molecule has 2 aromatic heterocycles. The summed E-state index contributed by atoms with van der Waals surface area (Å²) in [5, 5.41) is 19.0. The Morgan fingerprint density at radius 1 is 1.35 bits per heavy atom. The van der Waals surface area contributed by atoms with Crippen molar-refractivity contribution in [2.45, 2.75) is 0 Å². The average molecular weight is 264 g/mol. The molecule has 6 heteroatoms. The Balaban J connectivity index is 2.23. The standard InChI is InChI=1S/C14H8N4O2/c15-6-10-5-9-3-1-2-4-11(9)17-13(10)18-7-12(14(19)20)16-8-18/h1-5,7-8H,(H,19,20). The van der Waals surface area contributed by atoms with Gasteiger partial charge in [0.15, 0.2) is 11.5 Å². The summed E-state index contributed by atoms with van der Waals surface area (Å²) in [5.41, 5.74) is 0.994. The van der Waals surface area contributed by atoms with Gasteiger partial charge in [-0.1, -0.05) is 18.2 Å². The molecule has 0 aliphatic heterocycles. The molecule has 96 valence electrons. The molecule has 0 amide bonds. The molecule has 1 aromatic carbocycles. The molecule has 0 saturated heterocycles. The number of hydrogen-bond donors (Lipinski definition) is 1. The largest absolute Gasteiger partial charge is 0.476 e. The predicted molar refractivity (Wildman–Crippen MR) is 70.5 cm³/mol. The first kappa shape index (κ1) is 11.9. The minimum absolute atomic E-state index is 0.0937. The van der Waals surface area contributed by atoms with Gasteiger partial charge in [-0.05, 0) is 12.1 Å². The van der Waals surface area contributed by atoms with Gasteiger partial charge in [0.25, 0.3) is 0 Å². The van der Waals surface area contributed by atoms with Crippen LogP contribution >= 0.6 is 0 Å². The van der Waals surface area contributed by atoms with Gasteiger partial charge in [-0.3, -0.25) is 4.57 Å². The number of imidazole rings is 1. The highest BCUT2D eigenvalue weighted by Crippen LogP contribution is 2.19. The molecule has 1 N–H and O–H groups in total. The molecule has 0 aliphatic carbocycles. The third kappa shape index (κ3) is 1.87. The van der Waals surface area contributed by atoms with Gasteiger partial charge in [-0.25, -0.2) is 14.8 Å². The number of rotatable bonds is 2. The van der Waals surface area contributed by atoms with E-state index in [9.17, 15) is 10.1 Å². The van der Waals surface area contributed by atoms with Crippen molar-refractivity contribution < 1.29 is 9.90 Å². The van der Waals surface area contributed by atoms with Gasteiger partial charge < -0.3 is 5.11 Å². The highest BCUT2D eigenvalue weighted by atomic mass is 16.4. The number of nitrogens with zero attached hydrogens (tertiary/aromatic N) is 4. The average Bonchev–Trinajstić information content (AvgIpc) is 2.95. The number of aromatic carboxylic acids is 1. The first-order valence-electron chi connectivity index (χ1n) is 5.76. The molecule has 20 heavy (non-hydrogen) atoms. The van der Waals surface area contributed by atoms with Crippen LogP contribution in [0.1, 0.15) is 16.1 Å². The van der Waals surface area contributed by atoms with Crippen LogP contribution in [0.4, 0.5) is 0 Å². The van der Waals surface area contributed by atoms with Crippen LogP contribution in [0.3, 0.4) is 0 Å². The Morgan fingerprint density at radius 2 is 2.15 bits per heavy atom. The van der Waals surface area contributed by atoms with Gasteiger partial charge in [-0.2, -0.15) is 5.26 Å². The summed E-state index contributed by atoms with van der Waals surface area (Å²) in [6, 6.07) is 11.2. The van der Waals surface area contributed by atoms with Gasteiger partial charge in [-0.15, -0.1) is 0 Å². The number of nitriles is 1. The molecule has 0 radical (unpaired) electrons. The van der Waals surface area contributed by atoms with Crippen LogP contribution in [0.25, 0.3) is 16.7 Å². The summed E-state index contributed by atoms with van der Waals surface area (Å²) in [4.78, 5) is 19.0. The molecular weight excluding hydrogens is 256 g/mol. The van der Waals surface area contributed by atoms with Crippen molar-refractivity contribution >= 4 is 16.9 Å². The molecule has 2 heterocycles. The van der Waals surface area contributed by atoms with Crippen molar-refractivity contribution in [2.75, 3.05) is 0 Å². The first-order chi connectivity index (χ1) is 9.69. The maximum absolute atomic E-state index is 10.9. The van der Waals surface area contributed by atoms with E-state index in [0.29, 0.717) is 11.4 Å². The van der Waals surface area contributed by atoms with E-state index in [0.717, 1.165) is 10.9 Å². The lowest BCUT2D eigenvalue weighted by molar-refractivity contribution is 0.0691. The Bertz CT molecular complexity index is 861. The van der Waals surface area contributed by atoms with Crippen LogP contribution in [-0.4, -0.2) is 25.6 Å². The lowest BCUT2D eigenvalue weighted by atomic mass is 10.1. The Hall–Kier alpha value is -3.20. The van der Waals surface area contributed by atoms with E-state index in [1.54, 1.807) is 6.07 Å². The summed E-state index contributed by atoms with van der Waals surface area (Å²) in [7, 11) is 0. The van der Waals surface area contributed by atoms with Crippen molar-refractivity contribution in [2.24, 2.45) is 0 Å². The fourth-order valence-electron chi connectivity index (χ4n) is 1.93. The molecule has 3 rings (SSSR count). The zero-order valence-electron chi connectivity index (χ0n) is 10.2. The second-order valence-corrected chi connectivity index (χ2v) is 4.14. The highest BCUT2D eigenvalue weighted by molar-refractivity contribution is 5.85. The van der Waals surface area contributed by atoms with Gasteiger partial charge in [0.05, 0.1) is 11.1 Å². The van der Waals surface area contributed by atoms with E-state index in [4.69, 9.17) is 5.11 Å². The second-order valence-electron chi connectivity index (χ2n) is 4.14. The van der Waals surface area contributed by atoms with Crippen molar-refractivity contribution in [3.05, 3.63) is 54.1 Å². The molecule has 0 bridgehead atoms. The van der Waals surface area contributed by atoms with Gasteiger partial charge in [0.2, 0.25) is 0 Å². The van der Waals surface area contributed by atoms with Gasteiger partial charge in [0.1, 0.15) is 12.4 Å². The van der Waals surface area contributed by atoms with Crippen molar-refractivity contribution in [3.63, 3.8) is 0 Å².